The number of hydrogen-bond donors (Lipinski definition) is 1. The number of nitrogens with one attached hydrogen (secondary N) is 1. The molecule has 1 amide bonds. The van der Waals surface area contributed by atoms with Crippen molar-refractivity contribution in [3.63, 3.8) is 0 Å². The molecule has 29 heavy (non-hydrogen) atoms. The largest absolute Gasteiger partial charge is 0.346 e. The molecule has 0 saturated carbocycles. The first-order chi connectivity index (χ1) is 14.0. The number of nitrogens with zero attached hydrogens (tertiary/aromatic N) is 1. The van der Waals surface area contributed by atoms with Crippen molar-refractivity contribution in [2.24, 2.45) is 0 Å². The van der Waals surface area contributed by atoms with Crippen LogP contribution in [0.3, 0.4) is 0 Å². The number of carbonyl (C=O) groups excluding carboxylic acids is 1. The van der Waals surface area contributed by atoms with Gasteiger partial charge in [0, 0.05) is 12.7 Å². The van der Waals surface area contributed by atoms with Gasteiger partial charge in [-0.1, -0.05) is 73.9 Å². The van der Waals surface area contributed by atoms with Gasteiger partial charge < -0.3 is 10.2 Å². The van der Waals surface area contributed by atoms with Crippen LogP contribution in [-0.2, 0) is 6.42 Å². The van der Waals surface area contributed by atoms with Gasteiger partial charge in [0.2, 0.25) is 0 Å². The first-order valence-electron chi connectivity index (χ1n) is 9.84. The molecule has 0 bridgehead atoms. The molecule has 1 atom stereocenters. The highest BCUT2D eigenvalue weighted by molar-refractivity contribution is 6.02. The first-order valence-corrected chi connectivity index (χ1v) is 9.84. The van der Waals surface area contributed by atoms with E-state index in [0.717, 1.165) is 33.6 Å². The maximum atomic E-state index is 12.8. The summed E-state index contributed by atoms with van der Waals surface area (Å²) in [5.74, 6) is -0.0555. The van der Waals surface area contributed by atoms with E-state index in [9.17, 15) is 4.79 Å². The maximum absolute atomic E-state index is 12.8. The van der Waals surface area contributed by atoms with Crippen LogP contribution in [0.2, 0.25) is 0 Å². The Kier molecular flexibility index (Phi) is 6.18. The number of hydrogen-bond acceptors (Lipinski definition) is 2. The predicted molar refractivity (Wildman–Crippen MR) is 123 cm³/mol. The van der Waals surface area contributed by atoms with Crippen LogP contribution < -0.4 is 10.2 Å². The lowest BCUT2D eigenvalue weighted by molar-refractivity contribution is 0.0945. The van der Waals surface area contributed by atoms with E-state index in [1.807, 2.05) is 56.1 Å². The summed E-state index contributed by atoms with van der Waals surface area (Å²) in [5.41, 5.74) is 6.97. The van der Waals surface area contributed by atoms with E-state index in [1.54, 1.807) is 6.08 Å². The molecular weight excluding hydrogens is 356 g/mol. The van der Waals surface area contributed by atoms with E-state index in [0.29, 0.717) is 12.0 Å². The summed E-state index contributed by atoms with van der Waals surface area (Å²) in [6.07, 6.45) is 8.56. The van der Waals surface area contributed by atoms with Gasteiger partial charge in [0.15, 0.2) is 0 Å². The fourth-order valence-electron chi connectivity index (χ4n) is 3.78. The first kappa shape index (κ1) is 20.4. The molecule has 1 heterocycles. The van der Waals surface area contributed by atoms with Crippen LogP contribution in [-0.4, -0.2) is 19.0 Å². The molecular formula is C26H28N2O. The lowest BCUT2D eigenvalue weighted by Gasteiger charge is -2.27. The van der Waals surface area contributed by atoms with Crippen LogP contribution in [0.15, 0.2) is 85.6 Å². The van der Waals surface area contributed by atoms with Crippen LogP contribution in [0.4, 0.5) is 5.69 Å². The van der Waals surface area contributed by atoms with Gasteiger partial charge in [0.1, 0.15) is 0 Å². The number of rotatable bonds is 5. The van der Waals surface area contributed by atoms with Crippen molar-refractivity contribution in [3.8, 4) is 0 Å². The molecule has 0 spiro atoms. The number of benzene rings is 2. The zero-order valence-electron chi connectivity index (χ0n) is 17.4. The number of anilines is 1. The van der Waals surface area contributed by atoms with Gasteiger partial charge in [-0.3, -0.25) is 4.79 Å². The highest BCUT2D eigenvalue weighted by Gasteiger charge is 2.28. The summed E-state index contributed by atoms with van der Waals surface area (Å²) in [6.45, 7) is 12.1. The van der Waals surface area contributed by atoms with E-state index in [4.69, 9.17) is 0 Å². The van der Waals surface area contributed by atoms with E-state index in [2.05, 4.69) is 48.8 Å². The standard InChI is InChI=1S/C26H28N2O/c1-6-9-21(10-7-2)22-15-13-20(14-16-22)17-24-19(4)28(5)25-18(3)11-8-12-23(25)26(29)27-24/h6-16,24H,1,4,17H2,2-3,5H3,(H,27,29)/b10-7-,21-9+. The van der Waals surface area contributed by atoms with Gasteiger partial charge in [-0.2, -0.15) is 0 Å². The Labute approximate surface area is 173 Å². The molecule has 3 rings (SSSR count). The fourth-order valence-corrected chi connectivity index (χ4v) is 3.78. The van der Waals surface area contributed by atoms with Crippen molar-refractivity contribution < 1.29 is 4.79 Å². The Balaban J connectivity index is 1.85. The summed E-state index contributed by atoms with van der Waals surface area (Å²) >= 11 is 0. The highest BCUT2D eigenvalue weighted by Crippen LogP contribution is 2.31. The summed E-state index contributed by atoms with van der Waals surface area (Å²) in [4.78, 5) is 14.9. The maximum Gasteiger partial charge on any atom is 0.253 e. The molecule has 0 aliphatic carbocycles. The number of aryl methyl sites for hydroxylation is 1. The predicted octanol–water partition coefficient (Wildman–Crippen LogP) is 5.45. The SMILES string of the molecule is C=C/C=C(\C=C/C)c1ccc(CC2NC(=O)c3cccc(C)c3N(C)C2=C)cc1. The Morgan fingerprint density at radius 3 is 2.59 bits per heavy atom. The van der Waals surface area contributed by atoms with E-state index in [1.165, 1.54) is 0 Å². The van der Waals surface area contributed by atoms with Crippen molar-refractivity contribution in [1.29, 1.82) is 0 Å². The average molecular weight is 385 g/mol. The fraction of sp³-hybridized carbons (Fsp3) is 0.192. The quantitative estimate of drug-likeness (QED) is 0.696. The van der Waals surface area contributed by atoms with Crippen LogP contribution in [0, 0.1) is 6.92 Å². The van der Waals surface area contributed by atoms with Crippen LogP contribution in [0.5, 0.6) is 0 Å². The van der Waals surface area contributed by atoms with E-state index < -0.39 is 0 Å². The monoisotopic (exact) mass is 384 g/mol. The molecule has 1 unspecified atom stereocenters. The second-order valence-corrected chi connectivity index (χ2v) is 7.31. The zero-order valence-corrected chi connectivity index (χ0v) is 17.4. The average Bonchev–Trinajstić information content (AvgIpc) is 2.80. The minimum Gasteiger partial charge on any atom is -0.346 e. The molecule has 1 N–H and O–H groups in total. The molecule has 1 aliphatic heterocycles. The summed E-state index contributed by atoms with van der Waals surface area (Å²) in [7, 11) is 1.98. The Bertz CT molecular complexity index is 996. The minimum atomic E-state index is -0.163. The third-order valence-corrected chi connectivity index (χ3v) is 5.33. The number of amides is 1. The van der Waals surface area contributed by atoms with Crippen LogP contribution in [0.1, 0.15) is 34.0 Å². The summed E-state index contributed by atoms with van der Waals surface area (Å²) < 4.78 is 0. The molecule has 0 fully saturated rings. The number of allylic oxidation sites excluding steroid dienone is 5. The van der Waals surface area contributed by atoms with Gasteiger partial charge in [-0.25, -0.2) is 0 Å². The van der Waals surface area contributed by atoms with E-state index >= 15 is 0 Å². The number of carbonyl (C=O) groups is 1. The molecule has 0 aromatic heterocycles. The van der Waals surface area contributed by atoms with Gasteiger partial charge in [-0.15, -0.1) is 0 Å². The number of likely N-dealkylation sites (N-methyl/N-ethyl adjacent to an activating group) is 1. The minimum absolute atomic E-state index is 0.0555. The number of fused-ring (bicyclic) bond motifs is 1. The van der Waals surface area contributed by atoms with Crippen LogP contribution in [0.25, 0.3) is 5.57 Å². The van der Waals surface area contributed by atoms with Gasteiger partial charge in [0.05, 0.1) is 17.3 Å². The Morgan fingerprint density at radius 2 is 1.93 bits per heavy atom. The van der Waals surface area contributed by atoms with Crippen molar-refractivity contribution in [3.05, 3.63) is 108 Å². The normalized spacial score (nSPS) is 17.1. The Hall–Kier alpha value is -3.33. The molecule has 0 radical (unpaired) electrons. The zero-order chi connectivity index (χ0) is 21.0. The molecule has 148 valence electrons. The molecule has 3 heteroatoms. The van der Waals surface area contributed by atoms with Crippen molar-refractivity contribution in [2.45, 2.75) is 26.3 Å². The summed E-state index contributed by atoms with van der Waals surface area (Å²) in [5, 5.41) is 3.15. The lowest BCUT2D eigenvalue weighted by Crippen LogP contribution is -2.38. The third kappa shape index (κ3) is 4.24. The molecule has 1 aliphatic rings. The second kappa shape index (κ2) is 8.78. The van der Waals surface area contributed by atoms with Crippen molar-refractivity contribution in [1.82, 2.24) is 5.32 Å². The highest BCUT2D eigenvalue weighted by atomic mass is 16.1. The van der Waals surface area contributed by atoms with E-state index in [-0.39, 0.29) is 11.9 Å². The lowest BCUT2D eigenvalue weighted by atomic mass is 9.99. The second-order valence-electron chi connectivity index (χ2n) is 7.31. The molecule has 2 aromatic rings. The topological polar surface area (TPSA) is 32.3 Å². The van der Waals surface area contributed by atoms with Gasteiger partial charge in [0.25, 0.3) is 5.91 Å². The molecule has 2 aromatic carbocycles. The summed E-state index contributed by atoms with van der Waals surface area (Å²) in [6, 6.07) is 14.1. The van der Waals surface area contributed by atoms with Gasteiger partial charge in [-0.05, 0) is 48.6 Å². The number of para-hydroxylation sites is 1. The van der Waals surface area contributed by atoms with Crippen LogP contribution >= 0.6 is 0 Å². The van der Waals surface area contributed by atoms with Crippen molar-refractivity contribution >= 4 is 17.2 Å². The van der Waals surface area contributed by atoms with Crippen molar-refractivity contribution in [2.75, 3.05) is 11.9 Å². The molecule has 0 saturated heterocycles. The third-order valence-electron chi connectivity index (χ3n) is 5.33. The van der Waals surface area contributed by atoms with Gasteiger partial charge >= 0.3 is 0 Å². The Morgan fingerprint density at radius 1 is 1.21 bits per heavy atom. The smallest absolute Gasteiger partial charge is 0.253 e. The molecule has 3 nitrogen and oxygen atoms in total.